The van der Waals surface area contributed by atoms with Crippen LogP contribution in [0.25, 0.3) is 0 Å². The Kier molecular flexibility index (Phi) is 2.67. The zero-order valence-electron chi connectivity index (χ0n) is 11.5. The molecule has 1 saturated heterocycles. The van der Waals surface area contributed by atoms with Crippen molar-refractivity contribution in [3.8, 4) is 5.75 Å². The molecule has 5 heteroatoms. The number of ether oxygens (including phenoxy) is 1. The fourth-order valence-corrected chi connectivity index (χ4v) is 4.20. The number of hydrogen-bond acceptors (Lipinski definition) is 3. The average molecular weight is 304 g/mol. The Bertz CT molecular complexity index is 654. The van der Waals surface area contributed by atoms with Crippen LogP contribution in [0.1, 0.15) is 6.42 Å². The van der Waals surface area contributed by atoms with Crippen molar-refractivity contribution >= 4 is 29.1 Å². The van der Waals surface area contributed by atoms with Gasteiger partial charge in [0.2, 0.25) is 11.8 Å². The second kappa shape index (κ2) is 4.34. The first-order valence-electron chi connectivity index (χ1n) is 7.01. The number of anilines is 1. The van der Waals surface area contributed by atoms with Gasteiger partial charge in [0.1, 0.15) is 5.75 Å². The van der Waals surface area contributed by atoms with Gasteiger partial charge in [-0.25, -0.2) is 4.90 Å². The van der Waals surface area contributed by atoms with Gasteiger partial charge >= 0.3 is 0 Å². The van der Waals surface area contributed by atoms with Crippen molar-refractivity contribution in [3.05, 3.63) is 35.4 Å². The van der Waals surface area contributed by atoms with E-state index >= 15 is 0 Å². The molecule has 21 heavy (non-hydrogen) atoms. The van der Waals surface area contributed by atoms with Crippen LogP contribution in [0.3, 0.4) is 0 Å². The predicted molar refractivity (Wildman–Crippen MR) is 78.2 cm³/mol. The number of hydrogen-bond donors (Lipinski definition) is 0. The van der Waals surface area contributed by atoms with Gasteiger partial charge in [0.25, 0.3) is 0 Å². The minimum absolute atomic E-state index is 0.0944. The van der Waals surface area contributed by atoms with E-state index in [9.17, 15) is 9.59 Å². The summed E-state index contributed by atoms with van der Waals surface area (Å²) in [6.45, 7) is 0. The van der Waals surface area contributed by atoms with Crippen LogP contribution >= 0.6 is 11.6 Å². The zero-order valence-corrected chi connectivity index (χ0v) is 12.2. The molecule has 3 aliphatic rings. The molecule has 0 radical (unpaired) electrons. The van der Waals surface area contributed by atoms with E-state index < -0.39 is 0 Å². The lowest BCUT2D eigenvalue weighted by Crippen LogP contribution is -2.32. The van der Waals surface area contributed by atoms with E-state index in [1.165, 1.54) is 12.0 Å². The summed E-state index contributed by atoms with van der Waals surface area (Å²) in [7, 11) is 1.53. The fraction of sp³-hybridized carbons (Fsp3) is 0.375. The Morgan fingerprint density at radius 3 is 2.29 bits per heavy atom. The largest absolute Gasteiger partial charge is 0.495 e. The van der Waals surface area contributed by atoms with E-state index in [1.807, 2.05) is 0 Å². The summed E-state index contributed by atoms with van der Waals surface area (Å²) in [6, 6.07) is 5.00. The topological polar surface area (TPSA) is 46.6 Å². The molecule has 2 amide bonds. The van der Waals surface area contributed by atoms with Crippen molar-refractivity contribution in [2.45, 2.75) is 6.42 Å². The van der Waals surface area contributed by atoms with Crippen LogP contribution in [0.4, 0.5) is 5.69 Å². The third-order valence-corrected chi connectivity index (χ3v) is 5.16. The van der Waals surface area contributed by atoms with E-state index in [-0.39, 0.29) is 35.5 Å². The maximum absolute atomic E-state index is 12.7. The molecule has 1 aromatic carbocycles. The highest BCUT2D eigenvalue weighted by molar-refractivity contribution is 6.33. The van der Waals surface area contributed by atoms with Crippen LogP contribution in [0.5, 0.6) is 5.75 Å². The van der Waals surface area contributed by atoms with Gasteiger partial charge in [-0.2, -0.15) is 0 Å². The molecule has 4 unspecified atom stereocenters. The zero-order chi connectivity index (χ0) is 14.7. The van der Waals surface area contributed by atoms with Crippen LogP contribution in [0.15, 0.2) is 30.4 Å². The third-order valence-electron chi connectivity index (χ3n) is 4.86. The minimum Gasteiger partial charge on any atom is -0.495 e. The number of nitrogens with zero attached hydrogens (tertiary/aromatic N) is 1. The Morgan fingerprint density at radius 1 is 1.14 bits per heavy atom. The van der Waals surface area contributed by atoms with E-state index in [1.54, 1.807) is 18.2 Å². The van der Waals surface area contributed by atoms with E-state index in [0.29, 0.717) is 16.5 Å². The molecule has 1 saturated carbocycles. The maximum Gasteiger partial charge on any atom is 0.238 e. The number of fused-ring (bicyclic) bond motifs is 5. The molecular formula is C16H14ClNO3. The third kappa shape index (κ3) is 1.62. The lowest BCUT2D eigenvalue weighted by Gasteiger charge is -2.18. The van der Waals surface area contributed by atoms with Crippen molar-refractivity contribution in [1.82, 2.24) is 0 Å². The van der Waals surface area contributed by atoms with Crippen molar-refractivity contribution in [3.63, 3.8) is 0 Å². The second-order valence-electron chi connectivity index (χ2n) is 5.83. The molecular weight excluding hydrogens is 290 g/mol. The van der Waals surface area contributed by atoms with E-state index in [0.717, 1.165) is 6.42 Å². The average Bonchev–Trinajstić information content (AvgIpc) is 3.13. The van der Waals surface area contributed by atoms with Gasteiger partial charge in [-0.15, -0.1) is 0 Å². The molecule has 2 bridgehead atoms. The summed E-state index contributed by atoms with van der Waals surface area (Å²) in [5.74, 6) is 0.403. The fourth-order valence-electron chi connectivity index (χ4n) is 3.95. The number of amides is 2. The number of rotatable bonds is 2. The molecule has 2 aliphatic carbocycles. The number of allylic oxidation sites excluding steroid dienone is 2. The number of carbonyl (C=O) groups is 2. The SMILES string of the molecule is COc1ccc(N2C(=O)C3C4C=CC(C4)C3C2=O)cc1Cl. The molecule has 4 nitrogen and oxygen atoms in total. The Morgan fingerprint density at radius 2 is 1.76 bits per heavy atom. The highest BCUT2D eigenvalue weighted by atomic mass is 35.5. The summed E-state index contributed by atoms with van der Waals surface area (Å²) >= 11 is 6.11. The van der Waals surface area contributed by atoms with Crippen molar-refractivity contribution < 1.29 is 14.3 Å². The van der Waals surface area contributed by atoms with Crippen LogP contribution in [-0.2, 0) is 9.59 Å². The van der Waals surface area contributed by atoms with Gasteiger partial charge in [-0.1, -0.05) is 23.8 Å². The number of imide groups is 1. The monoisotopic (exact) mass is 303 g/mol. The molecule has 4 rings (SSSR count). The van der Waals surface area contributed by atoms with Gasteiger partial charge < -0.3 is 4.74 Å². The van der Waals surface area contributed by atoms with Crippen molar-refractivity contribution in [1.29, 1.82) is 0 Å². The number of benzene rings is 1. The molecule has 2 fully saturated rings. The highest BCUT2D eigenvalue weighted by Crippen LogP contribution is 2.53. The van der Waals surface area contributed by atoms with Crippen molar-refractivity contribution in [2.75, 3.05) is 12.0 Å². The lowest BCUT2D eigenvalue weighted by molar-refractivity contribution is -0.123. The number of carbonyl (C=O) groups excluding carboxylic acids is 2. The lowest BCUT2D eigenvalue weighted by atomic mass is 9.85. The van der Waals surface area contributed by atoms with Gasteiger partial charge in [0, 0.05) is 0 Å². The van der Waals surface area contributed by atoms with Gasteiger partial charge in [0.15, 0.2) is 0 Å². The summed E-state index contributed by atoms with van der Waals surface area (Å²) in [5.41, 5.74) is 0.532. The Labute approximate surface area is 127 Å². The van der Waals surface area contributed by atoms with Crippen LogP contribution < -0.4 is 9.64 Å². The first-order chi connectivity index (χ1) is 10.1. The van der Waals surface area contributed by atoms with E-state index in [4.69, 9.17) is 16.3 Å². The standard InChI is InChI=1S/C16H14ClNO3/c1-21-12-5-4-10(7-11(12)17)18-15(19)13-8-2-3-9(6-8)14(13)16(18)20/h2-5,7-9,13-14H,6H2,1H3. The van der Waals surface area contributed by atoms with Gasteiger partial charge in [-0.05, 0) is 36.5 Å². The number of halogens is 1. The number of methoxy groups -OCH3 is 1. The summed E-state index contributed by atoms with van der Waals surface area (Å²) < 4.78 is 5.10. The van der Waals surface area contributed by atoms with Crippen LogP contribution in [-0.4, -0.2) is 18.9 Å². The summed E-state index contributed by atoms with van der Waals surface area (Å²) in [4.78, 5) is 26.6. The smallest absolute Gasteiger partial charge is 0.238 e. The van der Waals surface area contributed by atoms with Gasteiger partial charge in [0.05, 0.1) is 29.7 Å². The van der Waals surface area contributed by atoms with Crippen molar-refractivity contribution in [2.24, 2.45) is 23.7 Å². The van der Waals surface area contributed by atoms with Crippen LogP contribution in [0, 0.1) is 23.7 Å². The summed E-state index contributed by atoms with van der Waals surface area (Å²) in [5, 5.41) is 0.397. The Hall–Kier alpha value is -1.81. The maximum atomic E-state index is 12.7. The molecule has 0 spiro atoms. The molecule has 1 heterocycles. The minimum atomic E-state index is -0.187. The molecule has 0 aromatic heterocycles. The van der Waals surface area contributed by atoms with Gasteiger partial charge in [-0.3, -0.25) is 9.59 Å². The first kappa shape index (κ1) is 12.9. The summed E-state index contributed by atoms with van der Waals surface area (Å²) in [6.07, 6.45) is 5.10. The normalized spacial score (nSPS) is 33.0. The molecule has 0 N–H and O–H groups in total. The first-order valence-corrected chi connectivity index (χ1v) is 7.39. The molecule has 4 atom stereocenters. The van der Waals surface area contributed by atoms with Crippen LogP contribution in [0.2, 0.25) is 5.02 Å². The molecule has 108 valence electrons. The quantitative estimate of drug-likeness (QED) is 0.623. The van der Waals surface area contributed by atoms with E-state index in [2.05, 4.69) is 12.2 Å². The highest BCUT2D eigenvalue weighted by Gasteiger charge is 2.59. The molecule has 1 aliphatic heterocycles. The Balaban J connectivity index is 1.72. The molecule has 1 aromatic rings. The predicted octanol–water partition coefficient (Wildman–Crippen LogP) is 2.66. The second-order valence-corrected chi connectivity index (χ2v) is 6.24.